The van der Waals surface area contributed by atoms with Crippen molar-refractivity contribution in [1.29, 1.82) is 0 Å². The van der Waals surface area contributed by atoms with Crippen LogP contribution in [0.1, 0.15) is 33.0 Å². The Hall–Kier alpha value is -0.410. The summed E-state index contributed by atoms with van der Waals surface area (Å²) in [6.45, 7) is 0.880. The minimum absolute atomic E-state index is 0. The molecule has 0 aliphatic heterocycles. The number of carboxylic acids is 1. The van der Waals surface area contributed by atoms with Gasteiger partial charge < -0.3 is 5.11 Å². The third-order valence-electron chi connectivity index (χ3n) is 3.93. The van der Waals surface area contributed by atoms with Crippen LogP contribution in [-0.4, -0.2) is 72.7 Å². The summed E-state index contributed by atoms with van der Waals surface area (Å²) >= 11 is 7.20. The molecule has 1 aromatic carbocycles. The first-order valence-corrected chi connectivity index (χ1v) is 11.3. The van der Waals surface area contributed by atoms with Crippen LogP contribution in [0.5, 0.6) is 0 Å². The second-order valence-electron chi connectivity index (χ2n) is 6.07. The van der Waals surface area contributed by atoms with Crippen molar-refractivity contribution in [2.24, 2.45) is 0 Å². The van der Waals surface area contributed by atoms with Crippen LogP contribution in [0.4, 0.5) is 0 Å². The number of hydrogen-bond donors (Lipinski definition) is 1. The molecule has 0 aliphatic rings. The van der Waals surface area contributed by atoms with E-state index in [4.69, 9.17) is 16.7 Å². The summed E-state index contributed by atoms with van der Waals surface area (Å²) in [6, 6.07) is 10.9. The molecular weight excluding hydrogens is 417 g/mol. The van der Waals surface area contributed by atoms with E-state index in [0.29, 0.717) is 35.8 Å². The minimum atomic E-state index is -3.27. The summed E-state index contributed by atoms with van der Waals surface area (Å²) in [5.41, 5.74) is 1.09. The van der Waals surface area contributed by atoms with Gasteiger partial charge in [0.25, 0.3) is 0 Å². The molecule has 0 radical (unpaired) electrons. The second-order valence-corrected chi connectivity index (χ2v) is 9.66. The molecule has 0 fully saturated rings. The molecule has 1 aromatic heterocycles. The zero-order valence-corrected chi connectivity index (χ0v) is 16.9. The quantitative estimate of drug-likeness (QED) is 0.576. The van der Waals surface area contributed by atoms with E-state index in [1.807, 2.05) is 24.3 Å². The van der Waals surface area contributed by atoms with Gasteiger partial charge in [0, 0.05) is 23.0 Å². The molecule has 144 valence electrons. The monoisotopic (exact) mass is 439 g/mol. The Balaban J connectivity index is 0.00000364. The molecule has 0 saturated carbocycles. The van der Waals surface area contributed by atoms with Crippen molar-refractivity contribution in [3.8, 4) is 0 Å². The number of thiophene rings is 1. The Kier molecular flexibility index (Phi) is 10.5. The van der Waals surface area contributed by atoms with Crippen LogP contribution >= 0.6 is 22.9 Å². The first-order chi connectivity index (χ1) is 12.3. The molecule has 1 N–H and O–H groups in total. The number of halogens is 1. The normalized spacial score (nSPS) is 11.4. The summed E-state index contributed by atoms with van der Waals surface area (Å²) in [6.07, 6.45) is 4.02. The van der Waals surface area contributed by atoms with Crippen LogP contribution in [0, 0.1) is 0 Å². The van der Waals surface area contributed by atoms with Crippen molar-refractivity contribution >= 4 is 68.5 Å². The van der Waals surface area contributed by atoms with E-state index >= 15 is 0 Å². The van der Waals surface area contributed by atoms with E-state index in [1.54, 1.807) is 12.1 Å². The fourth-order valence-corrected chi connectivity index (χ4v) is 4.68. The molecule has 5 nitrogen and oxygen atoms in total. The molecule has 2 rings (SSSR count). The zero-order chi connectivity index (χ0) is 19.2. The topological polar surface area (TPSA) is 74.7 Å². The first-order valence-electron chi connectivity index (χ1n) is 8.27. The summed E-state index contributed by atoms with van der Waals surface area (Å²) in [4.78, 5) is 12.2. The second kappa shape index (κ2) is 11.6. The van der Waals surface area contributed by atoms with Crippen LogP contribution in [0.15, 0.2) is 36.4 Å². The van der Waals surface area contributed by atoms with Gasteiger partial charge in [-0.1, -0.05) is 23.7 Å². The number of aryl methyl sites for hydroxylation is 2. The number of carbonyl (C=O) groups is 1. The third kappa shape index (κ3) is 8.64. The van der Waals surface area contributed by atoms with Crippen molar-refractivity contribution in [2.45, 2.75) is 25.7 Å². The molecular formula is C18H23ClNNaO4S2. The van der Waals surface area contributed by atoms with Crippen molar-refractivity contribution in [3.05, 3.63) is 56.7 Å². The summed E-state index contributed by atoms with van der Waals surface area (Å²) in [5.74, 6) is -0.931. The van der Waals surface area contributed by atoms with Gasteiger partial charge in [0.2, 0.25) is 10.0 Å². The average molecular weight is 440 g/mol. The Morgan fingerprint density at radius 3 is 2.37 bits per heavy atom. The fourth-order valence-electron chi connectivity index (χ4n) is 2.65. The first kappa shape index (κ1) is 24.6. The van der Waals surface area contributed by atoms with Gasteiger partial charge in [-0.25, -0.2) is 17.5 Å². The molecule has 0 atom stereocenters. The van der Waals surface area contributed by atoms with Crippen LogP contribution in [0.2, 0.25) is 5.02 Å². The Labute approximate surface area is 191 Å². The summed E-state index contributed by atoms with van der Waals surface area (Å²) < 4.78 is 25.5. The predicted octanol–water partition coefficient (Wildman–Crippen LogP) is 3.28. The van der Waals surface area contributed by atoms with E-state index in [0.717, 1.165) is 23.3 Å². The van der Waals surface area contributed by atoms with Crippen molar-refractivity contribution in [2.75, 3.05) is 19.3 Å². The number of benzene rings is 1. The van der Waals surface area contributed by atoms with Crippen LogP contribution in [0.3, 0.4) is 0 Å². The van der Waals surface area contributed by atoms with Crippen LogP contribution < -0.4 is 0 Å². The number of hydrogen-bond acceptors (Lipinski definition) is 4. The Morgan fingerprint density at radius 1 is 1.15 bits per heavy atom. The van der Waals surface area contributed by atoms with Crippen molar-refractivity contribution in [3.63, 3.8) is 0 Å². The number of nitrogens with zero attached hydrogens (tertiary/aromatic N) is 1. The van der Waals surface area contributed by atoms with Gasteiger partial charge in [-0.2, -0.15) is 0 Å². The number of carboxylic acid groups (broad SMARTS) is 1. The Morgan fingerprint density at radius 2 is 1.81 bits per heavy atom. The van der Waals surface area contributed by atoms with Crippen molar-refractivity contribution < 1.29 is 18.3 Å². The van der Waals surface area contributed by atoms with Gasteiger partial charge in [0.1, 0.15) is 4.88 Å². The van der Waals surface area contributed by atoms with Crippen molar-refractivity contribution in [1.82, 2.24) is 4.31 Å². The summed E-state index contributed by atoms with van der Waals surface area (Å²) in [5, 5.41) is 9.62. The zero-order valence-electron chi connectivity index (χ0n) is 14.5. The molecule has 0 bridgehead atoms. The predicted molar refractivity (Wildman–Crippen MR) is 113 cm³/mol. The van der Waals surface area contributed by atoms with Crippen LogP contribution in [0.25, 0.3) is 0 Å². The van der Waals surface area contributed by atoms with Gasteiger partial charge in [0.15, 0.2) is 0 Å². The third-order valence-corrected chi connectivity index (χ3v) is 6.61. The number of sulfonamides is 1. The molecule has 1 heterocycles. The SMILES string of the molecule is CS(=O)(=O)N(CCCc1cccc(Cl)c1)CCCc1ccc(C(=O)O)s1.[NaH]. The van der Waals surface area contributed by atoms with E-state index in [-0.39, 0.29) is 29.6 Å². The number of rotatable bonds is 10. The molecule has 2 aromatic rings. The summed E-state index contributed by atoms with van der Waals surface area (Å²) in [7, 11) is -3.27. The van der Waals surface area contributed by atoms with Gasteiger partial charge in [-0.3, -0.25) is 0 Å². The standard InChI is InChI=1S/C18H22ClNO4S2.Na.H/c1-26(23,24)20(11-3-6-14-5-2-7-15(19)13-14)12-4-8-16-9-10-17(25-16)18(21)22;;/h2,5,7,9-10,13H,3-4,6,8,11-12H2,1H3,(H,21,22);;. The molecule has 9 heteroatoms. The maximum atomic E-state index is 12.0. The van der Waals surface area contributed by atoms with Gasteiger partial charge in [0.05, 0.1) is 6.26 Å². The van der Waals surface area contributed by atoms with E-state index < -0.39 is 16.0 Å². The van der Waals surface area contributed by atoms with Gasteiger partial charge in [-0.15, -0.1) is 11.3 Å². The molecule has 0 aliphatic carbocycles. The molecule has 0 saturated heterocycles. The van der Waals surface area contributed by atoms with E-state index in [9.17, 15) is 13.2 Å². The van der Waals surface area contributed by atoms with Crippen LogP contribution in [-0.2, 0) is 22.9 Å². The molecule has 0 spiro atoms. The molecule has 0 unspecified atom stereocenters. The van der Waals surface area contributed by atoms with E-state index in [1.165, 1.54) is 21.9 Å². The average Bonchev–Trinajstić information content (AvgIpc) is 3.02. The van der Waals surface area contributed by atoms with E-state index in [2.05, 4.69) is 0 Å². The van der Waals surface area contributed by atoms with Gasteiger partial charge in [-0.05, 0) is 55.5 Å². The fraction of sp³-hybridized carbons (Fsp3) is 0.389. The Bertz CT molecular complexity index is 855. The molecule has 27 heavy (non-hydrogen) atoms. The maximum absolute atomic E-state index is 12.0. The molecule has 0 amide bonds. The van der Waals surface area contributed by atoms with Gasteiger partial charge >= 0.3 is 35.5 Å². The number of aromatic carboxylic acids is 1.